The van der Waals surface area contributed by atoms with Crippen LogP contribution in [0.25, 0.3) is 0 Å². The summed E-state index contributed by atoms with van der Waals surface area (Å²) in [5.41, 5.74) is 11.6. The fourth-order valence-corrected chi connectivity index (χ4v) is 0.664. The summed E-state index contributed by atoms with van der Waals surface area (Å²) < 4.78 is 0. The van der Waals surface area contributed by atoms with Crippen LogP contribution >= 0.6 is 0 Å². The van der Waals surface area contributed by atoms with Gasteiger partial charge in [0.05, 0.1) is 0 Å². The van der Waals surface area contributed by atoms with E-state index in [1.54, 1.807) is 6.08 Å². The van der Waals surface area contributed by atoms with Crippen LogP contribution in [0.3, 0.4) is 0 Å². The van der Waals surface area contributed by atoms with Gasteiger partial charge in [0.1, 0.15) is 0 Å². The van der Waals surface area contributed by atoms with Crippen molar-refractivity contribution in [1.82, 2.24) is 0 Å². The number of rotatable bonds is 4. The summed E-state index contributed by atoms with van der Waals surface area (Å²) in [5.74, 6) is 0. The molecule has 0 aliphatic heterocycles. The van der Waals surface area contributed by atoms with Crippen LogP contribution < -0.4 is 11.5 Å². The molecule has 0 bridgehead atoms. The van der Waals surface area contributed by atoms with Gasteiger partial charge in [-0.2, -0.15) is 0 Å². The predicted molar refractivity (Wildman–Crippen MR) is 45.3 cm³/mol. The molecule has 0 radical (unpaired) electrons. The molecule has 0 fully saturated rings. The highest BCUT2D eigenvalue weighted by molar-refractivity contribution is 5.22. The number of hydrogen-bond acceptors (Lipinski definition) is 2. The molecule has 0 aromatic heterocycles. The molecular weight excluding hydrogens is 124 g/mol. The normalized spacial score (nSPS) is 12.3. The Labute approximate surface area is 61.9 Å². The van der Waals surface area contributed by atoms with Crippen molar-refractivity contribution in [3.05, 3.63) is 36.6 Å². The molecule has 0 amide bonds. The van der Waals surface area contributed by atoms with Crippen LogP contribution in [-0.4, -0.2) is 6.54 Å². The van der Waals surface area contributed by atoms with Crippen molar-refractivity contribution in [3.8, 4) is 0 Å². The second-order valence-electron chi connectivity index (χ2n) is 1.88. The van der Waals surface area contributed by atoms with E-state index in [4.69, 9.17) is 11.5 Å². The lowest BCUT2D eigenvalue weighted by Gasteiger charge is -1.95. The van der Waals surface area contributed by atoms with Crippen LogP contribution in [0.1, 0.15) is 6.42 Å². The molecule has 0 aromatic carbocycles. The number of allylic oxidation sites excluding steroid dienone is 3. The first-order chi connectivity index (χ1) is 4.85. The zero-order valence-electron chi connectivity index (χ0n) is 6.09. The van der Waals surface area contributed by atoms with Crippen molar-refractivity contribution in [2.45, 2.75) is 6.42 Å². The van der Waals surface area contributed by atoms with Gasteiger partial charge in [-0.05, 0) is 30.8 Å². The van der Waals surface area contributed by atoms with Gasteiger partial charge in [-0.15, -0.1) is 0 Å². The molecule has 0 aromatic rings. The van der Waals surface area contributed by atoms with E-state index in [0.29, 0.717) is 6.54 Å². The van der Waals surface area contributed by atoms with Crippen LogP contribution in [0.2, 0.25) is 0 Å². The highest BCUT2D eigenvalue weighted by atomic mass is 14.5. The Morgan fingerprint density at radius 2 is 2.20 bits per heavy atom. The van der Waals surface area contributed by atoms with E-state index in [1.807, 2.05) is 12.2 Å². The summed E-state index contributed by atoms with van der Waals surface area (Å²) in [6, 6.07) is 0. The van der Waals surface area contributed by atoms with Crippen LogP contribution in [0.5, 0.6) is 0 Å². The third-order valence-corrected chi connectivity index (χ3v) is 1.08. The molecule has 2 heteroatoms. The van der Waals surface area contributed by atoms with Crippen LogP contribution in [0, 0.1) is 0 Å². The molecule has 0 heterocycles. The average Bonchev–Trinajstić information content (AvgIpc) is 1.90. The summed E-state index contributed by atoms with van der Waals surface area (Å²) in [7, 11) is 0. The Bertz CT molecular complexity index is 145. The van der Waals surface area contributed by atoms with Crippen molar-refractivity contribution < 1.29 is 0 Å². The molecular formula is C8H14N2. The van der Waals surface area contributed by atoms with Gasteiger partial charge in [-0.3, -0.25) is 0 Å². The lowest BCUT2D eigenvalue weighted by Crippen LogP contribution is -1.99. The van der Waals surface area contributed by atoms with Crippen molar-refractivity contribution in [2.75, 3.05) is 6.54 Å². The summed E-state index contributed by atoms with van der Waals surface area (Å²) in [6.45, 7) is 4.22. The van der Waals surface area contributed by atoms with E-state index >= 15 is 0 Å². The molecule has 0 unspecified atom stereocenters. The van der Waals surface area contributed by atoms with Gasteiger partial charge in [-0.25, -0.2) is 0 Å². The van der Waals surface area contributed by atoms with Gasteiger partial charge in [0, 0.05) is 0 Å². The average molecular weight is 138 g/mol. The molecule has 4 N–H and O–H groups in total. The maximum absolute atomic E-state index is 5.34. The lowest BCUT2D eigenvalue weighted by molar-refractivity contribution is 0.973. The monoisotopic (exact) mass is 138 g/mol. The van der Waals surface area contributed by atoms with Gasteiger partial charge in [0.15, 0.2) is 0 Å². The van der Waals surface area contributed by atoms with Gasteiger partial charge in [0.25, 0.3) is 0 Å². The molecule has 0 atom stereocenters. The molecule has 56 valence electrons. The van der Waals surface area contributed by atoms with Gasteiger partial charge < -0.3 is 11.5 Å². The number of hydrogen-bond donors (Lipinski definition) is 2. The third-order valence-electron chi connectivity index (χ3n) is 1.08. The van der Waals surface area contributed by atoms with Crippen molar-refractivity contribution in [3.63, 3.8) is 0 Å². The lowest BCUT2D eigenvalue weighted by atomic mass is 10.2. The minimum absolute atomic E-state index is 0.643. The van der Waals surface area contributed by atoms with Gasteiger partial charge >= 0.3 is 0 Å². The molecule has 0 aliphatic rings. The molecule has 0 saturated heterocycles. The standard InChI is InChI=1S/C8H14N2/c1-2-3-8(4-6-9)5-7-10/h2-4,6H,1,5,7,9-10H2. The zero-order chi connectivity index (χ0) is 7.82. The van der Waals surface area contributed by atoms with E-state index in [9.17, 15) is 0 Å². The maximum atomic E-state index is 5.34. The smallest absolute Gasteiger partial charge is 0.00367 e. The first-order valence-electron chi connectivity index (χ1n) is 3.25. The highest BCUT2D eigenvalue weighted by Gasteiger charge is 1.86. The van der Waals surface area contributed by atoms with Gasteiger partial charge in [-0.1, -0.05) is 18.7 Å². The molecule has 10 heavy (non-hydrogen) atoms. The first kappa shape index (κ1) is 8.98. The van der Waals surface area contributed by atoms with E-state index in [-0.39, 0.29) is 0 Å². The second kappa shape index (κ2) is 6.11. The predicted octanol–water partition coefficient (Wildman–Crippen LogP) is 0.920. The van der Waals surface area contributed by atoms with Gasteiger partial charge in [0.2, 0.25) is 0 Å². The Morgan fingerprint density at radius 3 is 2.60 bits per heavy atom. The van der Waals surface area contributed by atoms with Crippen LogP contribution in [-0.2, 0) is 0 Å². The summed E-state index contributed by atoms with van der Waals surface area (Å²) in [6.07, 6.45) is 7.81. The fraction of sp³-hybridized carbons (Fsp3) is 0.250. The molecule has 2 nitrogen and oxygen atoms in total. The maximum Gasteiger partial charge on any atom is -0.00367 e. The van der Waals surface area contributed by atoms with E-state index in [2.05, 4.69) is 6.58 Å². The topological polar surface area (TPSA) is 52.0 Å². The van der Waals surface area contributed by atoms with Crippen LogP contribution in [0.15, 0.2) is 36.6 Å². The minimum Gasteiger partial charge on any atom is -0.405 e. The summed E-state index contributed by atoms with van der Waals surface area (Å²) >= 11 is 0. The fourth-order valence-electron chi connectivity index (χ4n) is 0.664. The highest BCUT2D eigenvalue weighted by Crippen LogP contribution is 2.00. The van der Waals surface area contributed by atoms with E-state index < -0.39 is 0 Å². The molecule has 0 aliphatic carbocycles. The Balaban J connectivity index is 3.96. The second-order valence-corrected chi connectivity index (χ2v) is 1.88. The number of nitrogens with two attached hydrogens (primary N) is 2. The zero-order valence-corrected chi connectivity index (χ0v) is 6.09. The summed E-state index contributed by atoms with van der Waals surface area (Å²) in [4.78, 5) is 0. The van der Waals surface area contributed by atoms with Crippen molar-refractivity contribution in [2.24, 2.45) is 11.5 Å². The summed E-state index contributed by atoms with van der Waals surface area (Å²) in [5, 5.41) is 0. The quantitative estimate of drug-likeness (QED) is 0.567. The minimum atomic E-state index is 0.643. The largest absolute Gasteiger partial charge is 0.405 e. The molecule has 0 rings (SSSR count). The Morgan fingerprint density at radius 1 is 1.50 bits per heavy atom. The van der Waals surface area contributed by atoms with Crippen molar-refractivity contribution in [1.29, 1.82) is 0 Å². The van der Waals surface area contributed by atoms with E-state index in [0.717, 1.165) is 12.0 Å². The SMILES string of the molecule is C=CC=C(C=CN)CCN. The van der Waals surface area contributed by atoms with E-state index in [1.165, 1.54) is 6.20 Å². The molecule has 0 saturated carbocycles. The Hall–Kier alpha value is -1.02. The Kier molecular flexibility index (Phi) is 5.48. The first-order valence-corrected chi connectivity index (χ1v) is 3.25. The molecule has 0 spiro atoms. The van der Waals surface area contributed by atoms with Crippen molar-refractivity contribution >= 4 is 0 Å². The third kappa shape index (κ3) is 3.92. The van der Waals surface area contributed by atoms with Crippen LogP contribution in [0.4, 0.5) is 0 Å².